The average molecular weight is 339 g/mol. The first-order valence-corrected chi connectivity index (χ1v) is 8.25. The minimum Gasteiger partial charge on any atom is -0.391 e. The van der Waals surface area contributed by atoms with Gasteiger partial charge in [-0.25, -0.2) is 4.98 Å². The van der Waals surface area contributed by atoms with E-state index in [0.717, 1.165) is 16.8 Å². The van der Waals surface area contributed by atoms with Gasteiger partial charge in [0.05, 0.1) is 6.10 Å². The fraction of sp³-hybridized carbons (Fsp3) is 0.316. The molecule has 2 aromatic rings. The summed E-state index contributed by atoms with van der Waals surface area (Å²) >= 11 is 0. The van der Waals surface area contributed by atoms with Crippen molar-refractivity contribution in [1.29, 1.82) is 0 Å². The quantitative estimate of drug-likeness (QED) is 0.896. The summed E-state index contributed by atoms with van der Waals surface area (Å²) < 4.78 is 0. The van der Waals surface area contributed by atoms with Crippen molar-refractivity contribution < 1.29 is 14.7 Å². The van der Waals surface area contributed by atoms with Crippen LogP contribution < -0.4 is 5.32 Å². The van der Waals surface area contributed by atoms with Gasteiger partial charge < -0.3 is 15.3 Å². The zero-order valence-electron chi connectivity index (χ0n) is 14.3. The van der Waals surface area contributed by atoms with Gasteiger partial charge in [-0.05, 0) is 24.6 Å². The Morgan fingerprint density at radius 2 is 1.92 bits per heavy atom. The van der Waals surface area contributed by atoms with Gasteiger partial charge in [0.25, 0.3) is 0 Å². The first kappa shape index (κ1) is 17.1. The topological polar surface area (TPSA) is 82.5 Å². The van der Waals surface area contributed by atoms with Crippen LogP contribution >= 0.6 is 0 Å². The molecule has 2 heterocycles. The minimum atomic E-state index is -0.671. The molecule has 2 amide bonds. The molecule has 6 nitrogen and oxygen atoms in total. The van der Waals surface area contributed by atoms with E-state index >= 15 is 0 Å². The van der Waals surface area contributed by atoms with Crippen molar-refractivity contribution >= 4 is 17.6 Å². The molecule has 1 aromatic heterocycles. The van der Waals surface area contributed by atoms with E-state index in [1.807, 2.05) is 43.3 Å². The average Bonchev–Trinajstić information content (AvgIpc) is 2.98. The third-order valence-electron chi connectivity index (χ3n) is 4.41. The number of aromatic nitrogens is 1. The van der Waals surface area contributed by atoms with Crippen molar-refractivity contribution in [2.45, 2.75) is 32.4 Å². The van der Waals surface area contributed by atoms with Crippen LogP contribution in [-0.4, -0.2) is 45.5 Å². The molecule has 6 heteroatoms. The number of likely N-dealkylation sites (tertiary alicyclic amines) is 1. The maximum atomic E-state index is 12.5. The summed E-state index contributed by atoms with van der Waals surface area (Å²) in [5.74, 6) is -0.113. The summed E-state index contributed by atoms with van der Waals surface area (Å²) in [4.78, 5) is 30.0. The molecule has 25 heavy (non-hydrogen) atoms. The fourth-order valence-corrected chi connectivity index (χ4v) is 3.17. The molecule has 130 valence electrons. The number of carbonyl (C=O) groups is 2. The number of nitrogens with one attached hydrogen (secondary N) is 1. The van der Waals surface area contributed by atoms with Crippen molar-refractivity contribution in [1.82, 2.24) is 9.88 Å². The van der Waals surface area contributed by atoms with Gasteiger partial charge in [-0.2, -0.15) is 0 Å². The molecule has 1 aromatic carbocycles. The van der Waals surface area contributed by atoms with E-state index in [1.165, 1.54) is 11.8 Å². The number of hydrogen-bond acceptors (Lipinski definition) is 4. The summed E-state index contributed by atoms with van der Waals surface area (Å²) in [5.41, 5.74) is 2.87. The highest BCUT2D eigenvalue weighted by atomic mass is 16.3. The number of benzene rings is 1. The summed E-state index contributed by atoms with van der Waals surface area (Å²) in [7, 11) is 0. The molecular formula is C19H21N3O3. The lowest BCUT2D eigenvalue weighted by Crippen LogP contribution is -2.42. The lowest BCUT2D eigenvalue weighted by atomic mass is 10.0. The highest BCUT2D eigenvalue weighted by Gasteiger charge is 2.37. The molecule has 0 saturated carbocycles. The van der Waals surface area contributed by atoms with E-state index in [9.17, 15) is 14.7 Å². The Morgan fingerprint density at radius 1 is 1.20 bits per heavy atom. The number of β-amino-alcohol motifs (C(OH)–C–C–N with tert-alkyl or cyclic N) is 1. The Morgan fingerprint density at radius 3 is 2.56 bits per heavy atom. The maximum absolute atomic E-state index is 12.5. The number of pyridine rings is 1. The molecule has 1 aliphatic rings. The first-order valence-electron chi connectivity index (χ1n) is 8.25. The van der Waals surface area contributed by atoms with Crippen molar-refractivity contribution in [3.05, 3.63) is 48.2 Å². The molecule has 0 radical (unpaired) electrons. The molecule has 0 spiro atoms. The molecule has 0 unspecified atom stereocenters. The number of aliphatic hydroxyl groups is 1. The van der Waals surface area contributed by atoms with E-state index in [0.29, 0.717) is 5.82 Å². The van der Waals surface area contributed by atoms with E-state index < -0.39 is 12.1 Å². The highest BCUT2D eigenvalue weighted by Crippen LogP contribution is 2.24. The molecule has 0 aliphatic carbocycles. The SMILES string of the molecule is CC(=O)N1C[C@H](O)C[C@@H]1C(=O)Nc1ccc(-c2ccccc2)c(C)n1. The number of anilines is 1. The molecule has 1 saturated heterocycles. The standard InChI is InChI=1S/C19H21N3O3/c1-12-16(14-6-4-3-5-7-14)8-9-18(20-12)21-19(25)17-10-15(24)11-22(17)13(2)23/h3-9,15,17,24H,10-11H2,1-2H3,(H,20,21,25)/t15-,17-/m1/s1. The fourth-order valence-electron chi connectivity index (χ4n) is 3.17. The smallest absolute Gasteiger partial charge is 0.248 e. The zero-order chi connectivity index (χ0) is 18.0. The summed E-state index contributed by atoms with van der Waals surface area (Å²) in [6, 6.07) is 12.9. The van der Waals surface area contributed by atoms with Crippen LogP contribution in [0, 0.1) is 6.92 Å². The third kappa shape index (κ3) is 3.69. The number of nitrogens with zero attached hydrogens (tertiary/aromatic N) is 2. The molecule has 0 bridgehead atoms. The van der Waals surface area contributed by atoms with Crippen LogP contribution in [-0.2, 0) is 9.59 Å². The number of amides is 2. The molecule has 2 atom stereocenters. The van der Waals surface area contributed by atoms with Gasteiger partial charge in [0.2, 0.25) is 11.8 Å². The number of aryl methyl sites for hydroxylation is 1. The predicted molar refractivity (Wildman–Crippen MR) is 94.8 cm³/mol. The van der Waals surface area contributed by atoms with Crippen LogP contribution in [0.1, 0.15) is 19.0 Å². The largest absolute Gasteiger partial charge is 0.391 e. The van der Waals surface area contributed by atoms with Gasteiger partial charge in [0.1, 0.15) is 11.9 Å². The second-order valence-corrected chi connectivity index (χ2v) is 6.26. The van der Waals surface area contributed by atoms with Gasteiger partial charge in [0.15, 0.2) is 0 Å². The van der Waals surface area contributed by atoms with Crippen LogP contribution in [0.3, 0.4) is 0 Å². The highest BCUT2D eigenvalue weighted by molar-refractivity contribution is 5.97. The van der Waals surface area contributed by atoms with E-state index in [-0.39, 0.29) is 24.8 Å². The molecule has 1 aliphatic heterocycles. The van der Waals surface area contributed by atoms with Crippen LogP contribution in [0.25, 0.3) is 11.1 Å². The first-order chi connectivity index (χ1) is 12.0. The molecular weight excluding hydrogens is 318 g/mol. The Kier molecular flexibility index (Phi) is 4.81. The van der Waals surface area contributed by atoms with Gasteiger partial charge in [-0.15, -0.1) is 0 Å². The zero-order valence-corrected chi connectivity index (χ0v) is 14.3. The number of carbonyl (C=O) groups excluding carboxylic acids is 2. The Labute approximate surface area is 146 Å². The predicted octanol–water partition coefficient (Wildman–Crippen LogP) is 1.98. The molecule has 2 N–H and O–H groups in total. The second kappa shape index (κ2) is 7.03. The summed E-state index contributed by atoms with van der Waals surface area (Å²) in [6.45, 7) is 3.47. The van der Waals surface area contributed by atoms with E-state index in [2.05, 4.69) is 10.3 Å². The van der Waals surface area contributed by atoms with Crippen molar-refractivity contribution in [3.63, 3.8) is 0 Å². The Bertz CT molecular complexity index is 792. The van der Waals surface area contributed by atoms with E-state index in [4.69, 9.17) is 0 Å². The maximum Gasteiger partial charge on any atom is 0.248 e. The number of hydrogen-bond donors (Lipinski definition) is 2. The normalized spacial score (nSPS) is 19.7. The Hall–Kier alpha value is -2.73. The summed E-state index contributed by atoms with van der Waals surface area (Å²) in [6.07, 6.45) is -0.429. The molecule has 3 rings (SSSR count). The molecule has 1 fully saturated rings. The van der Waals surface area contributed by atoms with Crippen LogP contribution in [0.15, 0.2) is 42.5 Å². The van der Waals surface area contributed by atoms with Crippen molar-refractivity contribution in [2.75, 3.05) is 11.9 Å². The number of aliphatic hydroxyl groups excluding tert-OH is 1. The van der Waals surface area contributed by atoms with Crippen molar-refractivity contribution in [3.8, 4) is 11.1 Å². The van der Waals surface area contributed by atoms with Gasteiger partial charge >= 0.3 is 0 Å². The van der Waals surface area contributed by atoms with Crippen LogP contribution in [0.5, 0.6) is 0 Å². The van der Waals surface area contributed by atoms with Gasteiger partial charge in [-0.3, -0.25) is 9.59 Å². The lowest BCUT2D eigenvalue weighted by molar-refractivity contribution is -0.134. The van der Waals surface area contributed by atoms with E-state index in [1.54, 1.807) is 6.07 Å². The monoisotopic (exact) mass is 339 g/mol. The summed E-state index contributed by atoms with van der Waals surface area (Å²) in [5, 5.41) is 12.5. The van der Waals surface area contributed by atoms with Crippen molar-refractivity contribution in [2.24, 2.45) is 0 Å². The third-order valence-corrected chi connectivity index (χ3v) is 4.41. The Balaban J connectivity index is 1.76. The second-order valence-electron chi connectivity index (χ2n) is 6.26. The lowest BCUT2D eigenvalue weighted by Gasteiger charge is -2.22. The van der Waals surface area contributed by atoms with Gasteiger partial charge in [-0.1, -0.05) is 30.3 Å². The van der Waals surface area contributed by atoms with Crippen LogP contribution in [0.2, 0.25) is 0 Å². The van der Waals surface area contributed by atoms with Crippen LogP contribution in [0.4, 0.5) is 5.82 Å². The minimum absolute atomic E-state index is 0.187. The number of rotatable bonds is 3. The van der Waals surface area contributed by atoms with Gasteiger partial charge in [0, 0.05) is 31.1 Å².